The second-order valence-corrected chi connectivity index (χ2v) is 6.13. The summed E-state index contributed by atoms with van der Waals surface area (Å²) in [5, 5.41) is 9.69. The van der Waals surface area contributed by atoms with Crippen LogP contribution in [0, 0.1) is 11.8 Å². The zero-order valence-electron chi connectivity index (χ0n) is 11.6. The van der Waals surface area contributed by atoms with Crippen molar-refractivity contribution in [3.63, 3.8) is 0 Å². The summed E-state index contributed by atoms with van der Waals surface area (Å²) in [5.41, 5.74) is 0. The molecule has 2 saturated heterocycles. The first-order valence-corrected chi connectivity index (χ1v) is 7.24. The summed E-state index contributed by atoms with van der Waals surface area (Å²) in [6.45, 7) is 8.39. The highest BCUT2D eigenvalue weighted by Crippen LogP contribution is 2.18. The number of amides is 1. The number of piperidine rings is 2. The van der Waals surface area contributed by atoms with Gasteiger partial charge >= 0.3 is 0 Å². The molecule has 0 aromatic carbocycles. The highest BCUT2D eigenvalue weighted by atomic mass is 16.3. The second kappa shape index (κ2) is 6.02. The fourth-order valence-electron chi connectivity index (χ4n) is 2.91. The lowest BCUT2D eigenvalue weighted by Crippen LogP contribution is -2.48. The van der Waals surface area contributed by atoms with Crippen molar-refractivity contribution in [3.8, 4) is 0 Å². The van der Waals surface area contributed by atoms with Crippen LogP contribution in [0.15, 0.2) is 0 Å². The topological polar surface area (TPSA) is 43.8 Å². The smallest absolute Gasteiger partial charge is 0.236 e. The summed E-state index contributed by atoms with van der Waals surface area (Å²) in [7, 11) is 0. The average Bonchev–Trinajstić information content (AvgIpc) is 2.34. The van der Waals surface area contributed by atoms with Gasteiger partial charge in [0.1, 0.15) is 0 Å². The molecular weight excluding hydrogens is 228 g/mol. The number of hydrogen-bond acceptors (Lipinski definition) is 3. The third-order valence-electron chi connectivity index (χ3n) is 4.44. The quantitative estimate of drug-likeness (QED) is 0.798. The van der Waals surface area contributed by atoms with Gasteiger partial charge < -0.3 is 10.0 Å². The highest BCUT2D eigenvalue weighted by Gasteiger charge is 2.27. The SMILES string of the molecule is CC1CCN(C(=O)CN2CCC(O)C(C)C2)CC1. The van der Waals surface area contributed by atoms with Crippen LogP contribution in [0.1, 0.15) is 33.1 Å². The Balaban J connectivity index is 1.77. The Labute approximate surface area is 110 Å². The van der Waals surface area contributed by atoms with Gasteiger partial charge in [-0.05, 0) is 31.1 Å². The van der Waals surface area contributed by atoms with Crippen LogP contribution in [0.4, 0.5) is 0 Å². The lowest BCUT2D eigenvalue weighted by Gasteiger charge is -2.36. The molecule has 18 heavy (non-hydrogen) atoms. The molecule has 2 heterocycles. The Morgan fingerprint density at radius 1 is 1.17 bits per heavy atom. The van der Waals surface area contributed by atoms with E-state index in [1.807, 2.05) is 4.90 Å². The largest absolute Gasteiger partial charge is 0.393 e. The Bertz CT molecular complexity index is 288. The van der Waals surface area contributed by atoms with Crippen molar-refractivity contribution < 1.29 is 9.90 Å². The average molecular weight is 254 g/mol. The first kappa shape index (κ1) is 13.8. The van der Waals surface area contributed by atoms with Crippen molar-refractivity contribution in [3.05, 3.63) is 0 Å². The van der Waals surface area contributed by atoms with Crippen molar-refractivity contribution >= 4 is 5.91 Å². The molecule has 0 aromatic rings. The van der Waals surface area contributed by atoms with E-state index in [4.69, 9.17) is 0 Å². The van der Waals surface area contributed by atoms with Gasteiger partial charge in [-0.15, -0.1) is 0 Å². The second-order valence-electron chi connectivity index (χ2n) is 6.13. The normalized spacial score (nSPS) is 31.6. The highest BCUT2D eigenvalue weighted by molar-refractivity contribution is 5.78. The van der Waals surface area contributed by atoms with E-state index in [0.29, 0.717) is 6.54 Å². The molecule has 0 aromatic heterocycles. The Morgan fingerprint density at radius 2 is 1.83 bits per heavy atom. The van der Waals surface area contributed by atoms with Gasteiger partial charge in [0.05, 0.1) is 12.6 Å². The maximum atomic E-state index is 12.2. The molecule has 4 heteroatoms. The van der Waals surface area contributed by atoms with Gasteiger partial charge in [-0.2, -0.15) is 0 Å². The van der Waals surface area contributed by atoms with E-state index in [1.54, 1.807) is 0 Å². The van der Waals surface area contributed by atoms with Crippen LogP contribution in [0.5, 0.6) is 0 Å². The molecule has 0 spiro atoms. The summed E-state index contributed by atoms with van der Waals surface area (Å²) in [4.78, 5) is 16.4. The number of rotatable bonds is 2. The van der Waals surface area contributed by atoms with Gasteiger partial charge in [-0.3, -0.25) is 9.69 Å². The lowest BCUT2D eigenvalue weighted by molar-refractivity contribution is -0.134. The molecule has 2 unspecified atom stereocenters. The van der Waals surface area contributed by atoms with E-state index in [-0.39, 0.29) is 17.9 Å². The van der Waals surface area contributed by atoms with Gasteiger partial charge in [-0.25, -0.2) is 0 Å². The predicted octanol–water partition coefficient (Wildman–Crippen LogP) is 0.948. The molecule has 0 radical (unpaired) electrons. The number of nitrogens with zero attached hydrogens (tertiary/aromatic N) is 2. The van der Waals surface area contributed by atoms with Crippen LogP contribution >= 0.6 is 0 Å². The summed E-state index contributed by atoms with van der Waals surface area (Å²) < 4.78 is 0. The van der Waals surface area contributed by atoms with Crippen molar-refractivity contribution in [1.29, 1.82) is 0 Å². The fraction of sp³-hybridized carbons (Fsp3) is 0.929. The molecule has 2 aliphatic rings. The molecule has 0 saturated carbocycles. The van der Waals surface area contributed by atoms with Crippen molar-refractivity contribution in [2.24, 2.45) is 11.8 Å². The van der Waals surface area contributed by atoms with Gasteiger partial charge in [0.2, 0.25) is 5.91 Å². The number of carbonyl (C=O) groups excluding carboxylic acids is 1. The molecule has 0 aliphatic carbocycles. The first-order valence-electron chi connectivity index (χ1n) is 7.24. The number of aliphatic hydroxyl groups is 1. The summed E-state index contributed by atoms with van der Waals surface area (Å²) in [5.74, 6) is 1.32. The van der Waals surface area contributed by atoms with Crippen molar-refractivity contribution in [1.82, 2.24) is 9.80 Å². The summed E-state index contributed by atoms with van der Waals surface area (Å²) in [6.07, 6.45) is 2.89. The molecule has 0 bridgehead atoms. The zero-order valence-corrected chi connectivity index (χ0v) is 11.6. The number of aliphatic hydroxyl groups excluding tert-OH is 1. The maximum absolute atomic E-state index is 12.2. The Morgan fingerprint density at radius 3 is 2.44 bits per heavy atom. The minimum absolute atomic E-state index is 0.188. The monoisotopic (exact) mass is 254 g/mol. The minimum atomic E-state index is -0.188. The zero-order chi connectivity index (χ0) is 13.1. The van der Waals surface area contributed by atoms with Crippen molar-refractivity contribution in [2.75, 3.05) is 32.7 Å². The van der Waals surface area contributed by atoms with E-state index in [0.717, 1.165) is 51.4 Å². The molecular formula is C14H26N2O2. The third kappa shape index (κ3) is 3.45. The van der Waals surface area contributed by atoms with Crippen LogP contribution in [-0.2, 0) is 4.79 Å². The fourth-order valence-corrected chi connectivity index (χ4v) is 2.91. The molecule has 2 atom stereocenters. The summed E-state index contributed by atoms with van der Waals surface area (Å²) in [6, 6.07) is 0. The minimum Gasteiger partial charge on any atom is -0.393 e. The van der Waals surface area contributed by atoms with Gasteiger partial charge in [0, 0.05) is 26.2 Å². The molecule has 2 rings (SSSR count). The molecule has 2 fully saturated rings. The van der Waals surface area contributed by atoms with Crippen molar-refractivity contribution in [2.45, 2.75) is 39.2 Å². The number of likely N-dealkylation sites (tertiary alicyclic amines) is 2. The molecule has 4 nitrogen and oxygen atoms in total. The Kier molecular flexibility index (Phi) is 4.62. The molecule has 1 N–H and O–H groups in total. The Hall–Kier alpha value is -0.610. The van der Waals surface area contributed by atoms with Crippen LogP contribution in [0.2, 0.25) is 0 Å². The first-order chi connectivity index (χ1) is 8.56. The van der Waals surface area contributed by atoms with Crippen LogP contribution in [0.3, 0.4) is 0 Å². The molecule has 104 valence electrons. The van der Waals surface area contributed by atoms with E-state index in [1.165, 1.54) is 0 Å². The van der Waals surface area contributed by atoms with Gasteiger partial charge in [0.25, 0.3) is 0 Å². The maximum Gasteiger partial charge on any atom is 0.236 e. The van der Waals surface area contributed by atoms with E-state index in [2.05, 4.69) is 18.7 Å². The van der Waals surface area contributed by atoms with Crippen LogP contribution < -0.4 is 0 Å². The van der Waals surface area contributed by atoms with Crippen LogP contribution in [-0.4, -0.2) is 59.6 Å². The van der Waals surface area contributed by atoms with E-state index < -0.39 is 0 Å². The lowest BCUT2D eigenvalue weighted by atomic mass is 9.96. The van der Waals surface area contributed by atoms with Crippen LogP contribution in [0.25, 0.3) is 0 Å². The summed E-state index contributed by atoms with van der Waals surface area (Å²) >= 11 is 0. The predicted molar refractivity (Wildman–Crippen MR) is 71.2 cm³/mol. The standard InChI is InChI=1S/C14H26N2O2/c1-11-3-7-16(8-4-11)14(18)10-15-6-5-13(17)12(2)9-15/h11-13,17H,3-10H2,1-2H3. The van der Waals surface area contributed by atoms with E-state index >= 15 is 0 Å². The number of carbonyl (C=O) groups is 1. The van der Waals surface area contributed by atoms with Gasteiger partial charge in [-0.1, -0.05) is 13.8 Å². The number of hydrogen-bond donors (Lipinski definition) is 1. The van der Waals surface area contributed by atoms with E-state index in [9.17, 15) is 9.90 Å². The van der Waals surface area contributed by atoms with Gasteiger partial charge in [0.15, 0.2) is 0 Å². The molecule has 1 amide bonds. The molecule has 2 aliphatic heterocycles. The third-order valence-corrected chi connectivity index (χ3v) is 4.44.